The summed E-state index contributed by atoms with van der Waals surface area (Å²) in [6.07, 6.45) is 11.0. The molecule has 1 unspecified atom stereocenters. The fourth-order valence-electron chi connectivity index (χ4n) is 8.86. The Morgan fingerprint density at radius 1 is 0.465 bits per heavy atom. The summed E-state index contributed by atoms with van der Waals surface area (Å²) in [5.74, 6) is 6.42. The van der Waals surface area contributed by atoms with Gasteiger partial charge in [-0.25, -0.2) is 0 Å². The van der Waals surface area contributed by atoms with Crippen LogP contribution < -0.4 is 0 Å². The zero-order valence-corrected chi connectivity index (χ0v) is 54.1. The van der Waals surface area contributed by atoms with Gasteiger partial charge in [-0.2, -0.15) is 0 Å². The third-order valence-corrected chi connectivity index (χ3v) is 13.2. The van der Waals surface area contributed by atoms with Crippen molar-refractivity contribution in [3.8, 4) is 67.5 Å². The van der Waals surface area contributed by atoms with Crippen LogP contribution in [0.2, 0.25) is 0 Å². The minimum absolute atomic E-state index is 0. The molecule has 450 valence electrons. The van der Waals surface area contributed by atoms with E-state index >= 15 is 0 Å². The normalized spacial score (nSPS) is 9.98. The van der Waals surface area contributed by atoms with E-state index in [0.717, 1.165) is 5.57 Å². The van der Waals surface area contributed by atoms with Crippen LogP contribution in [-0.4, -0.2) is 0 Å². The van der Waals surface area contributed by atoms with Gasteiger partial charge in [0, 0.05) is 5.92 Å². The second kappa shape index (κ2) is 44.7. The van der Waals surface area contributed by atoms with Crippen LogP contribution in [0.3, 0.4) is 0 Å². The Labute approximate surface area is 526 Å². The van der Waals surface area contributed by atoms with Gasteiger partial charge in [0.15, 0.2) is 0 Å². The lowest BCUT2D eigenvalue weighted by Gasteiger charge is -2.16. The average Bonchev–Trinajstić information content (AvgIpc) is 2.08. The van der Waals surface area contributed by atoms with Crippen LogP contribution >= 0.6 is 0 Å². The summed E-state index contributed by atoms with van der Waals surface area (Å²) in [6.45, 7) is 44.3. The van der Waals surface area contributed by atoms with Crippen LogP contribution in [-0.2, 0) is 0 Å². The molecule has 9 rings (SSSR count). The summed E-state index contributed by atoms with van der Waals surface area (Å²) in [5.41, 5.74) is 25.4. The lowest BCUT2D eigenvalue weighted by molar-refractivity contribution is 1.00. The van der Waals surface area contributed by atoms with Crippen molar-refractivity contribution in [2.24, 2.45) is 0 Å². The third-order valence-electron chi connectivity index (χ3n) is 13.2. The zero-order valence-electron chi connectivity index (χ0n) is 54.1. The van der Waals surface area contributed by atoms with E-state index in [0.29, 0.717) is 0 Å². The molecule has 0 aliphatic carbocycles. The van der Waals surface area contributed by atoms with E-state index in [4.69, 9.17) is 0 Å². The largest absolute Gasteiger partial charge is 0.106 e. The SMILES string of the molecule is C.C.C=C(C)c1cccc(-c2cccc(-c3ccc(-c4ccccc4)cc3)c2)c1.C=C/C=C(\C=C/C)c1cccc(C(C)C#CC)c1.C=CC.CC.CC.CCC.Cc1ccccc1.Cc1ccccc1-c1ccc(-c2ccccc2C)c(C)c1C. The third kappa shape index (κ3) is 25.6. The van der Waals surface area contributed by atoms with Gasteiger partial charge in [0.25, 0.3) is 0 Å². The summed E-state index contributed by atoms with van der Waals surface area (Å²) in [7, 11) is 0. The molecule has 0 radical (unpaired) electrons. The van der Waals surface area contributed by atoms with Crippen molar-refractivity contribution in [2.45, 2.75) is 138 Å². The molecule has 0 fully saturated rings. The number of rotatable bonds is 10. The second-order valence-corrected chi connectivity index (χ2v) is 19.8. The Balaban J connectivity index is 0.00000111. The Bertz CT molecular complexity index is 3390. The molecule has 9 aromatic rings. The van der Waals surface area contributed by atoms with Gasteiger partial charge in [0.1, 0.15) is 0 Å². The molecule has 0 amide bonds. The number of aryl methyl sites for hydroxylation is 3. The Morgan fingerprint density at radius 3 is 1.28 bits per heavy atom. The standard InChI is InChI=1S/C27H22.C22H22.C18H20.C7H8.C3H8.C3H6.2C2H6.2CH4/c1-20(2)24-10-6-12-26(18-24)27-13-7-11-25(19-27)23-16-14-22(15-17-23)21-8-4-3-5-9-21;1-15-9-5-7-11-19(15)21-13-14-22(18(4)17(21)3)20-12-8-6-10-16(20)2;1-5-9-15(4)17-12-8-13-18(14-17)16(10-6-2)11-7-3;1-7-5-3-2-4-6-7;2*1-3-2;2*1-2;;/h3-19H,1H2,2H3;5-14H,1-4H3;6-8,10-15H,2H2,1,3-4H3;2-6H,1H3;3H2,1-2H3;3H,1H2,2H3;2*1-2H3;2*1H4/b;;11-7-,16-10+;;;;;;;. The van der Waals surface area contributed by atoms with Crippen molar-refractivity contribution in [3.05, 3.63) is 313 Å². The highest BCUT2D eigenvalue weighted by atomic mass is 14.2. The summed E-state index contributed by atoms with van der Waals surface area (Å²) in [4.78, 5) is 0. The minimum Gasteiger partial charge on any atom is -0.106 e. The molecule has 0 bridgehead atoms. The van der Waals surface area contributed by atoms with E-state index in [-0.39, 0.29) is 20.8 Å². The molecule has 9 aromatic carbocycles. The molecule has 0 saturated carbocycles. The van der Waals surface area contributed by atoms with Gasteiger partial charge in [-0.1, -0.05) is 324 Å². The van der Waals surface area contributed by atoms with Gasteiger partial charge in [-0.05, 0) is 188 Å². The fraction of sp³-hybridized carbons (Fsp3) is 0.233. The van der Waals surface area contributed by atoms with Gasteiger partial charge < -0.3 is 0 Å². The van der Waals surface area contributed by atoms with E-state index in [2.05, 4.69) is 287 Å². The van der Waals surface area contributed by atoms with E-state index in [1.807, 2.05) is 97.9 Å². The summed E-state index contributed by atoms with van der Waals surface area (Å²) < 4.78 is 0. The van der Waals surface area contributed by atoms with Crippen molar-refractivity contribution in [2.75, 3.05) is 0 Å². The van der Waals surface area contributed by atoms with Crippen LogP contribution in [0.5, 0.6) is 0 Å². The fourth-order valence-corrected chi connectivity index (χ4v) is 8.86. The lowest BCUT2D eigenvalue weighted by Crippen LogP contribution is -1.94. The van der Waals surface area contributed by atoms with Crippen molar-refractivity contribution in [3.63, 3.8) is 0 Å². The number of hydrogen-bond acceptors (Lipinski definition) is 0. The Hall–Kier alpha value is -8.76. The molecule has 0 N–H and O–H groups in total. The van der Waals surface area contributed by atoms with E-state index < -0.39 is 0 Å². The summed E-state index contributed by atoms with van der Waals surface area (Å²) >= 11 is 0. The molecule has 86 heavy (non-hydrogen) atoms. The first-order chi connectivity index (χ1) is 40.7. The molecule has 0 aliphatic rings. The van der Waals surface area contributed by atoms with Gasteiger partial charge in [-0.3, -0.25) is 0 Å². The first kappa shape index (κ1) is 77.2. The zero-order chi connectivity index (χ0) is 62.2. The molecule has 0 heteroatoms. The molecule has 1 atom stereocenters. The molecule has 0 saturated heterocycles. The van der Waals surface area contributed by atoms with Crippen molar-refractivity contribution in [1.29, 1.82) is 0 Å². The average molecular weight is 1140 g/mol. The van der Waals surface area contributed by atoms with Crippen LogP contribution in [0.25, 0.3) is 66.8 Å². The van der Waals surface area contributed by atoms with Gasteiger partial charge in [0.2, 0.25) is 0 Å². The first-order valence-corrected chi connectivity index (χ1v) is 30.1. The molecule has 0 nitrogen and oxygen atoms in total. The minimum atomic E-state index is 0. The van der Waals surface area contributed by atoms with Crippen LogP contribution in [0, 0.1) is 46.5 Å². The van der Waals surface area contributed by atoms with E-state index in [1.54, 1.807) is 6.08 Å². The number of benzene rings is 9. The summed E-state index contributed by atoms with van der Waals surface area (Å²) in [6, 6.07) is 77.1. The highest BCUT2D eigenvalue weighted by Crippen LogP contribution is 2.35. The maximum absolute atomic E-state index is 4.06. The monoisotopic (exact) mass is 1140 g/mol. The van der Waals surface area contributed by atoms with Crippen LogP contribution in [0.4, 0.5) is 0 Å². The van der Waals surface area contributed by atoms with Crippen LogP contribution in [0.15, 0.2) is 269 Å². The second-order valence-electron chi connectivity index (χ2n) is 19.8. The molecular formula is C86H106. The maximum atomic E-state index is 4.06. The lowest BCUT2D eigenvalue weighted by atomic mass is 9.88. The van der Waals surface area contributed by atoms with E-state index in [9.17, 15) is 0 Å². The number of allylic oxidation sites excluding steroid dienone is 7. The summed E-state index contributed by atoms with van der Waals surface area (Å²) in [5, 5.41) is 0. The maximum Gasteiger partial charge on any atom is 0.0424 e. The molecule has 0 aromatic heterocycles. The Kier molecular flexibility index (Phi) is 40.2. The predicted octanol–water partition coefficient (Wildman–Crippen LogP) is 26.9. The molecular weight excluding hydrogens is 1030 g/mol. The molecule has 0 spiro atoms. The van der Waals surface area contributed by atoms with Crippen molar-refractivity contribution in [1.82, 2.24) is 0 Å². The topological polar surface area (TPSA) is 0 Å². The number of hydrogen-bond donors (Lipinski definition) is 0. The van der Waals surface area contributed by atoms with Crippen LogP contribution in [0.1, 0.15) is 148 Å². The quantitative estimate of drug-likeness (QED) is 0.0727. The van der Waals surface area contributed by atoms with Gasteiger partial charge >= 0.3 is 0 Å². The Morgan fingerprint density at radius 2 is 0.849 bits per heavy atom. The predicted molar refractivity (Wildman–Crippen MR) is 394 cm³/mol. The van der Waals surface area contributed by atoms with Crippen molar-refractivity contribution < 1.29 is 0 Å². The molecule has 0 aliphatic heterocycles. The molecule has 0 heterocycles. The smallest absolute Gasteiger partial charge is 0.0424 e. The first-order valence-electron chi connectivity index (χ1n) is 30.1. The van der Waals surface area contributed by atoms with Crippen molar-refractivity contribution >= 4 is 11.1 Å². The highest BCUT2D eigenvalue weighted by Gasteiger charge is 2.12. The van der Waals surface area contributed by atoms with Gasteiger partial charge in [-0.15, -0.1) is 12.5 Å². The van der Waals surface area contributed by atoms with Gasteiger partial charge in [0.05, 0.1) is 0 Å². The van der Waals surface area contributed by atoms with E-state index in [1.165, 1.54) is 112 Å². The highest BCUT2D eigenvalue weighted by molar-refractivity contribution is 5.80.